The number of nitrogens with one attached hydrogen (secondary N) is 2. The third-order valence-electron chi connectivity index (χ3n) is 2.69. The average molecular weight is 243 g/mol. The molecule has 0 unspecified atom stereocenters. The van der Waals surface area contributed by atoms with Crippen molar-refractivity contribution in [3.63, 3.8) is 0 Å². The van der Waals surface area contributed by atoms with Crippen LogP contribution in [-0.4, -0.2) is 22.0 Å². The second-order valence-electron chi connectivity index (χ2n) is 4.09. The molecule has 2 N–H and O–H groups in total. The Morgan fingerprint density at radius 1 is 1.17 bits per heavy atom. The zero-order valence-electron chi connectivity index (χ0n) is 10.9. The molecule has 0 aliphatic rings. The molecule has 0 bridgehead atoms. The maximum atomic E-state index is 4.35. The van der Waals surface area contributed by atoms with Gasteiger partial charge in [-0.2, -0.15) is 0 Å². The lowest BCUT2D eigenvalue weighted by Crippen LogP contribution is -2.06. The molecule has 5 nitrogen and oxygen atoms in total. The minimum Gasteiger partial charge on any atom is -0.373 e. The molecule has 0 atom stereocenters. The van der Waals surface area contributed by atoms with Gasteiger partial charge in [0.25, 0.3) is 0 Å². The first-order valence-corrected chi connectivity index (χ1v) is 5.86. The third kappa shape index (κ3) is 2.94. The summed E-state index contributed by atoms with van der Waals surface area (Å²) in [5.41, 5.74) is 2.39. The van der Waals surface area contributed by atoms with E-state index in [2.05, 4.69) is 25.6 Å². The van der Waals surface area contributed by atoms with Gasteiger partial charge in [-0.25, -0.2) is 9.97 Å². The van der Waals surface area contributed by atoms with Gasteiger partial charge in [0.05, 0.1) is 0 Å². The van der Waals surface area contributed by atoms with Crippen LogP contribution in [0, 0.1) is 13.8 Å². The standard InChI is InChI=1S/C13H17N5/c1-9-7-15-5-4-11(9)8-16-13-6-12(14-3)17-10(2)18-13/h4-7H,8H2,1-3H3,(H2,14,16,17,18). The van der Waals surface area contributed by atoms with Crippen LogP contribution in [-0.2, 0) is 6.54 Å². The molecule has 0 spiro atoms. The Labute approximate surface area is 107 Å². The second kappa shape index (κ2) is 5.44. The molecule has 0 fully saturated rings. The number of anilines is 2. The topological polar surface area (TPSA) is 62.7 Å². The third-order valence-corrected chi connectivity index (χ3v) is 2.69. The van der Waals surface area contributed by atoms with Crippen molar-refractivity contribution in [1.82, 2.24) is 15.0 Å². The molecule has 18 heavy (non-hydrogen) atoms. The van der Waals surface area contributed by atoms with Crippen LogP contribution in [0.5, 0.6) is 0 Å². The molecule has 2 aromatic heterocycles. The molecule has 0 radical (unpaired) electrons. The van der Waals surface area contributed by atoms with Crippen LogP contribution in [0.25, 0.3) is 0 Å². The zero-order chi connectivity index (χ0) is 13.0. The van der Waals surface area contributed by atoms with Crippen LogP contribution in [0.3, 0.4) is 0 Å². The monoisotopic (exact) mass is 243 g/mol. The first-order valence-electron chi connectivity index (χ1n) is 5.86. The molecule has 0 saturated heterocycles. The highest BCUT2D eigenvalue weighted by Crippen LogP contribution is 2.13. The summed E-state index contributed by atoms with van der Waals surface area (Å²) in [6.45, 7) is 4.66. The summed E-state index contributed by atoms with van der Waals surface area (Å²) in [4.78, 5) is 12.7. The number of hydrogen-bond acceptors (Lipinski definition) is 5. The quantitative estimate of drug-likeness (QED) is 0.861. The summed E-state index contributed by atoms with van der Waals surface area (Å²) in [6, 6.07) is 3.90. The Balaban J connectivity index is 2.11. The Morgan fingerprint density at radius 2 is 1.94 bits per heavy atom. The predicted molar refractivity (Wildman–Crippen MR) is 72.6 cm³/mol. The van der Waals surface area contributed by atoms with Crippen molar-refractivity contribution in [2.75, 3.05) is 17.7 Å². The Hall–Kier alpha value is -2.17. The van der Waals surface area contributed by atoms with Gasteiger partial charge in [-0.15, -0.1) is 0 Å². The van der Waals surface area contributed by atoms with Crippen molar-refractivity contribution in [3.05, 3.63) is 41.5 Å². The number of nitrogens with zero attached hydrogens (tertiary/aromatic N) is 3. The molecular weight excluding hydrogens is 226 g/mol. The van der Waals surface area contributed by atoms with Crippen molar-refractivity contribution >= 4 is 11.6 Å². The molecule has 94 valence electrons. The lowest BCUT2D eigenvalue weighted by molar-refractivity contribution is 1.01. The highest BCUT2D eigenvalue weighted by Gasteiger charge is 2.02. The Bertz CT molecular complexity index is 539. The van der Waals surface area contributed by atoms with Crippen LogP contribution >= 0.6 is 0 Å². The minimum absolute atomic E-state index is 0.730. The van der Waals surface area contributed by atoms with Crippen LogP contribution in [0.2, 0.25) is 0 Å². The summed E-state index contributed by atoms with van der Waals surface area (Å²) in [5.74, 6) is 2.38. The molecule has 0 amide bonds. The normalized spacial score (nSPS) is 10.2. The van der Waals surface area contributed by atoms with Crippen molar-refractivity contribution in [1.29, 1.82) is 0 Å². The van der Waals surface area contributed by atoms with E-state index in [1.807, 2.05) is 39.2 Å². The molecule has 2 aromatic rings. The van der Waals surface area contributed by atoms with Crippen molar-refractivity contribution in [2.45, 2.75) is 20.4 Å². The van der Waals surface area contributed by atoms with E-state index in [0.717, 1.165) is 24.0 Å². The lowest BCUT2D eigenvalue weighted by atomic mass is 10.1. The molecule has 0 aliphatic heterocycles. The van der Waals surface area contributed by atoms with Gasteiger partial charge in [-0.1, -0.05) is 0 Å². The number of pyridine rings is 1. The highest BCUT2D eigenvalue weighted by atomic mass is 15.1. The van der Waals surface area contributed by atoms with Gasteiger partial charge in [0, 0.05) is 32.1 Å². The molecule has 2 rings (SSSR count). The van der Waals surface area contributed by atoms with Crippen molar-refractivity contribution in [3.8, 4) is 0 Å². The van der Waals surface area contributed by atoms with E-state index in [0.29, 0.717) is 0 Å². The van der Waals surface area contributed by atoms with Crippen LogP contribution in [0.1, 0.15) is 17.0 Å². The highest BCUT2D eigenvalue weighted by molar-refractivity contribution is 5.47. The molecule has 2 heterocycles. The number of rotatable bonds is 4. The first-order chi connectivity index (χ1) is 8.69. The fourth-order valence-corrected chi connectivity index (χ4v) is 1.67. The zero-order valence-corrected chi connectivity index (χ0v) is 10.9. The van der Waals surface area contributed by atoms with E-state index >= 15 is 0 Å². The smallest absolute Gasteiger partial charge is 0.132 e. The van der Waals surface area contributed by atoms with Crippen LogP contribution < -0.4 is 10.6 Å². The number of aryl methyl sites for hydroxylation is 2. The summed E-state index contributed by atoms with van der Waals surface area (Å²) in [7, 11) is 1.85. The molecule has 5 heteroatoms. The van der Waals surface area contributed by atoms with Crippen molar-refractivity contribution in [2.24, 2.45) is 0 Å². The molecular formula is C13H17N5. The molecule has 0 saturated carbocycles. The average Bonchev–Trinajstić information content (AvgIpc) is 2.37. The second-order valence-corrected chi connectivity index (χ2v) is 4.09. The van der Waals surface area contributed by atoms with E-state index in [4.69, 9.17) is 0 Å². The summed E-state index contributed by atoms with van der Waals surface area (Å²) < 4.78 is 0. The minimum atomic E-state index is 0.730. The lowest BCUT2D eigenvalue weighted by Gasteiger charge is -2.09. The van der Waals surface area contributed by atoms with Gasteiger partial charge >= 0.3 is 0 Å². The van der Waals surface area contributed by atoms with Gasteiger partial charge in [-0.05, 0) is 31.0 Å². The maximum absolute atomic E-state index is 4.35. The first kappa shape index (κ1) is 12.3. The van der Waals surface area contributed by atoms with Gasteiger partial charge in [0.1, 0.15) is 17.5 Å². The number of hydrogen-bond donors (Lipinski definition) is 2. The van der Waals surface area contributed by atoms with Crippen LogP contribution in [0.4, 0.5) is 11.6 Å². The van der Waals surface area contributed by atoms with Crippen molar-refractivity contribution < 1.29 is 0 Å². The summed E-state index contributed by atoms with van der Waals surface area (Å²) in [6.07, 6.45) is 3.66. The van der Waals surface area contributed by atoms with E-state index < -0.39 is 0 Å². The SMILES string of the molecule is CNc1cc(NCc2ccncc2C)nc(C)n1. The summed E-state index contributed by atoms with van der Waals surface area (Å²) in [5, 5.41) is 6.32. The maximum Gasteiger partial charge on any atom is 0.132 e. The van der Waals surface area contributed by atoms with Gasteiger partial charge in [-0.3, -0.25) is 4.98 Å². The summed E-state index contributed by atoms with van der Waals surface area (Å²) >= 11 is 0. The van der Waals surface area contributed by atoms with Crippen LogP contribution in [0.15, 0.2) is 24.5 Å². The van der Waals surface area contributed by atoms with Gasteiger partial charge < -0.3 is 10.6 Å². The molecule has 0 aliphatic carbocycles. The fourth-order valence-electron chi connectivity index (χ4n) is 1.67. The van der Waals surface area contributed by atoms with Gasteiger partial charge in [0.15, 0.2) is 0 Å². The molecule has 0 aromatic carbocycles. The van der Waals surface area contributed by atoms with E-state index in [1.54, 1.807) is 6.20 Å². The predicted octanol–water partition coefficient (Wildman–Crippen LogP) is 2.14. The Kier molecular flexibility index (Phi) is 3.72. The van der Waals surface area contributed by atoms with Gasteiger partial charge in [0.2, 0.25) is 0 Å². The fraction of sp³-hybridized carbons (Fsp3) is 0.308. The number of aromatic nitrogens is 3. The Morgan fingerprint density at radius 3 is 2.67 bits per heavy atom. The largest absolute Gasteiger partial charge is 0.373 e. The van der Waals surface area contributed by atoms with E-state index in [-0.39, 0.29) is 0 Å². The van der Waals surface area contributed by atoms with E-state index in [9.17, 15) is 0 Å². The van der Waals surface area contributed by atoms with E-state index in [1.165, 1.54) is 11.1 Å².